The van der Waals surface area contributed by atoms with E-state index in [0.717, 1.165) is 0 Å². The van der Waals surface area contributed by atoms with Crippen LogP contribution in [0.2, 0.25) is 0 Å². The van der Waals surface area contributed by atoms with E-state index in [0.29, 0.717) is 33.7 Å². The van der Waals surface area contributed by atoms with Crippen LogP contribution >= 0.6 is 11.3 Å². The normalized spacial score (nSPS) is 10.8. The van der Waals surface area contributed by atoms with Crippen molar-refractivity contribution < 1.29 is 22.8 Å². The smallest absolute Gasteiger partial charge is 0.226 e. The first-order valence-corrected chi connectivity index (χ1v) is 10.8. The quantitative estimate of drug-likeness (QED) is 0.385. The van der Waals surface area contributed by atoms with Gasteiger partial charge in [0.25, 0.3) is 0 Å². The number of benzene rings is 2. The van der Waals surface area contributed by atoms with Crippen molar-refractivity contribution in [2.24, 2.45) is 0 Å². The first-order chi connectivity index (χ1) is 15.9. The molecular formula is C23H18F2N4O3S. The lowest BCUT2D eigenvalue weighted by Crippen LogP contribution is -2.12. The molecule has 0 unspecified atom stereocenters. The van der Waals surface area contributed by atoms with Crippen LogP contribution in [-0.2, 0) is 16.0 Å². The van der Waals surface area contributed by atoms with Crippen LogP contribution in [0.5, 0.6) is 0 Å². The minimum absolute atomic E-state index is 0.109. The van der Waals surface area contributed by atoms with E-state index in [4.69, 9.17) is 4.42 Å². The number of nitrogens with one attached hydrogen (secondary N) is 2. The van der Waals surface area contributed by atoms with Crippen LogP contribution in [-0.4, -0.2) is 21.8 Å². The number of hydrogen-bond acceptors (Lipinski definition) is 6. The molecule has 4 aromatic rings. The summed E-state index contributed by atoms with van der Waals surface area (Å²) in [7, 11) is 0. The number of anilines is 2. The zero-order valence-electron chi connectivity index (χ0n) is 17.4. The number of halogens is 2. The zero-order valence-corrected chi connectivity index (χ0v) is 18.2. The molecule has 0 fully saturated rings. The van der Waals surface area contributed by atoms with Crippen LogP contribution in [0.4, 0.5) is 19.6 Å². The minimum atomic E-state index is -0.537. The highest BCUT2D eigenvalue weighted by molar-refractivity contribution is 7.14. The number of nitrogens with zero attached hydrogens (tertiary/aromatic N) is 2. The van der Waals surface area contributed by atoms with Crippen molar-refractivity contribution in [1.29, 1.82) is 0 Å². The molecule has 2 amide bonds. The molecule has 10 heteroatoms. The molecule has 0 saturated heterocycles. The van der Waals surface area contributed by atoms with E-state index in [9.17, 15) is 18.4 Å². The van der Waals surface area contributed by atoms with Gasteiger partial charge in [-0.3, -0.25) is 9.59 Å². The Labute approximate surface area is 191 Å². The van der Waals surface area contributed by atoms with Gasteiger partial charge in [0, 0.05) is 42.0 Å². The molecule has 7 nitrogen and oxygen atoms in total. The molecule has 2 aromatic heterocycles. The van der Waals surface area contributed by atoms with E-state index < -0.39 is 5.82 Å². The third-order valence-electron chi connectivity index (χ3n) is 4.56. The molecule has 2 N–H and O–H groups in total. The number of carbonyl (C=O) groups is 2. The van der Waals surface area contributed by atoms with Crippen molar-refractivity contribution in [3.05, 3.63) is 71.6 Å². The number of aryl methyl sites for hydroxylation is 1. The molecule has 2 heterocycles. The lowest BCUT2D eigenvalue weighted by molar-refractivity contribution is -0.116. The minimum Gasteiger partial charge on any atom is -0.441 e. The molecule has 0 radical (unpaired) electrons. The molecular weight excluding hydrogens is 450 g/mol. The highest BCUT2D eigenvalue weighted by Crippen LogP contribution is 2.29. The third kappa shape index (κ3) is 5.66. The summed E-state index contributed by atoms with van der Waals surface area (Å²) in [6.07, 6.45) is 1.90. The van der Waals surface area contributed by atoms with Crippen molar-refractivity contribution in [2.75, 3.05) is 10.6 Å². The summed E-state index contributed by atoms with van der Waals surface area (Å²) in [6, 6.07) is 10.1. The van der Waals surface area contributed by atoms with Gasteiger partial charge < -0.3 is 15.1 Å². The van der Waals surface area contributed by atoms with E-state index in [1.54, 1.807) is 23.6 Å². The van der Waals surface area contributed by atoms with Crippen LogP contribution in [0.15, 0.2) is 58.5 Å². The van der Waals surface area contributed by atoms with Crippen LogP contribution in [0.25, 0.3) is 22.6 Å². The Bertz CT molecular complexity index is 1300. The standard InChI is InChI=1S/C23H18F2N4O3S/c1-13(30)27-16-6-7-17(18(25)10-16)19-12-33-23(28-19)29-21(31)8-9-22-26-11-20(32-22)14-2-4-15(24)5-3-14/h2-7,10-12H,8-9H2,1H3,(H,27,30)(H,28,29,31). The molecule has 0 saturated carbocycles. The fraction of sp³-hybridized carbons (Fsp3) is 0.130. The maximum Gasteiger partial charge on any atom is 0.226 e. The number of amides is 2. The van der Waals surface area contributed by atoms with Gasteiger partial charge >= 0.3 is 0 Å². The average Bonchev–Trinajstić information content (AvgIpc) is 3.42. The number of aromatic nitrogens is 2. The number of thiazole rings is 1. The largest absolute Gasteiger partial charge is 0.441 e. The predicted molar refractivity (Wildman–Crippen MR) is 121 cm³/mol. The third-order valence-corrected chi connectivity index (χ3v) is 5.32. The Hall–Kier alpha value is -3.92. The monoisotopic (exact) mass is 468 g/mol. The zero-order chi connectivity index (χ0) is 23.4. The van der Waals surface area contributed by atoms with Crippen LogP contribution in [0, 0.1) is 11.6 Å². The van der Waals surface area contributed by atoms with E-state index in [2.05, 4.69) is 20.6 Å². The highest BCUT2D eigenvalue weighted by Gasteiger charge is 2.14. The summed E-state index contributed by atoms with van der Waals surface area (Å²) in [4.78, 5) is 31.8. The Morgan fingerprint density at radius 1 is 1.09 bits per heavy atom. The van der Waals surface area contributed by atoms with Gasteiger partial charge in [-0.2, -0.15) is 0 Å². The molecule has 4 rings (SSSR count). The summed E-state index contributed by atoms with van der Waals surface area (Å²) in [6.45, 7) is 1.34. The van der Waals surface area contributed by atoms with E-state index >= 15 is 0 Å². The summed E-state index contributed by atoms with van der Waals surface area (Å²) in [5.74, 6) is -0.598. The second kappa shape index (κ2) is 9.70. The Morgan fingerprint density at radius 2 is 1.88 bits per heavy atom. The van der Waals surface area contributed by atoms with E-state index in [1.807, 2.05) is 0 Å². The number of hydrogen-bond donors (Lipinski definition) is 2. The predicted octanol–water partition coefficient (Wildman–Crippen LogP) is 5.27. The van der Waals surface area contributed by atoms with Crippen LogP contribution in [0.3, 0.4) is 0 Å². The first-order valence-electron chi connectivity index (χ1n) is 9.91. The van der Waals surface area contributed by atoms with Crippen molar-refractivity contribution in [3.63, 3.8) is 0 Å². The SMILES string of the molecule is CC(=O)Nc1ccc(-c2csc(NC(=O)CCc3ncc(-c4ccc(F)cc4)o3)n2)c(F)c1. The van der Waals surface area contributed by atoms with Gasteiger partial charge in [0.15, 0.2) is 16.8 Å². The maximum atomic E-state index is 14.4. The van der Waals surface area contributed by atoms with Crippen LogP contribution < -0.4 is 10.6 Å². The first kappa shape index (κ1) is 22.3. The van der Waals surface area contributed by atoms with Gasteiger partial charge in [-0.05, 0) is 42.5 Å². The van der Waals surface area contributed by atoms with Crippen molar-refractivity contribution >= 4 is 34.0 Å². The number of rotatable bonds is 7. The second-order valence-corrected chi connectivity index (χ2v) is 7.95. The fourth-order valence-electron chi connectivity index (χ4n) is 3.03. The molecule has 0 aliphatic rings. The van der Waals surface area contributed by atoms with Crippen LogP contribution in [0.1, 0.15) is 19.2 Å². The number of carbonyl (C=O) groups excluding carboxylic acids is 2. The average molecular weight is 468 g/mol. The van der Waals surface area contributed by atoms with Gasteiger partial charge in [-0.1, -0.05) is 0 Å². The molecule has 33 heavy (non-hydrogen) atoms. The lowest BCUT2D eigenvalue weighted by Gasteiger charge is -2.05. The van der Waals surface area contributed by atoms with E-state index in [-0.39, 0.29) is 36.0 Å². The Balaban J connectivity index is 1.34. The summed E-state index contributed by atoms with van der Waals surface area (Å²) in [5, 5.41) is 7.16. The maximum absolute atomic E-state index is 14.4. The molecule has 0 spiro atoms. The highest BCUT2D eigenvalue weighted by atomic mass is 32.1. The van der Waals surface area contributed by atoms with E-state index in [1.165, 1.54) is 48.7 Å². The topological polar surface area (TPSA) is 97.1 Å². The lowest BCUT2D eigenvalue weighted by atomic mass is 10.1. The van der Waals surface area contributed by atoms with Gasteiger partial charge in [-0.15, -0.1) is 11.3 Å². The summed E-state index contributed by atoms with van der Waals surface area (Å²) < 4.78 is 33.1. The fourth-order valence-corrected chi connectivity index (χ4v) is 3.76. The molecule has 0 aliphatic carbocycles. The Morgan fingerprint density at radius 3 is 2.61 bits per heavy atom. The van der Waals surface area contributed by atoms with Crippen molar-refractivity contribution in [2.45, 2.75) is 19.8 Å². The van der Waals surface area contributed by atoms with Crippen molar-refractivity contribution in [3.8, 4) is 22.6 Å². The van der Waals surface area contributed by atoms with Gasteiger partial charge in [0.2, 0.25) is 11.8 Å². The van der Waals surface area contributed by atoms with Gasteiger partial charge in [0.1, 0.15) is 11.6 Å². The molecule has 0 aliphatic heterocycles. The second-order valence-electron chi connectivity index (χ2n) is 7.09. The molecule has 168 valence electrons. The van der Waals surface area contributed by atoms with Crippen molar-refractivity contribution in [1.82, 2.24) is 9.97 Å². The Kier molecular flexibility index (Phi) is 6.55. The van der Waals surface area contributed by atoms with Gasteiger partial charge in [-0.25, -0.2) is 18.7 Å². The summed E-state index contributed by atoms with van der Waals surface area (Å²) in [5.41, 5.74) is 1.67. The molecule has 2 aromatic carbocycles. The summed E-state index contributed by atoms with van der Waals surface area (Å²) >= 11 is 1.17. The number of oxazole rings is 1. The van der Waals surface area contributed by atoms with Gasteiger partial charge in [0.05, 0.1) is 11.9 Å². The molecule has 0 bridgehead atoms. The molecule has 0 atom stereocenters.